The summed E-state index contributed by atoms with van der Waals surface area (Å²) < 4.78 is 8.31. The van der Waals surface area contributed by atoms with Gasteiger partial charge in [0.05, 0.1) is 18.8 Å². The van der Waals surface area contributed by atoms with Crippen molar-refractivity contribution in [3.05, 3.63) is 47.3 Å². The third-order valence-electron chi connectivity index (χ3n) is 4.80. The lowest BCUT2D eigenvalue weighted by Crippen LogP contribution is -2.40. The lowest BCUT2D eigenvalue weighted by atomic mass is 10.2. The van der Waals surface area contributed by atoms with Crippen LogP contribution in [0, 0.1) is 0 Å². The fourth-order valence-corrected chi connectivity index (χ4v) is 3.15. The molecule has 0 amide bonds. The zero-order valence-electron chi connectivity index (χ0n) is 15.3. The van der Waals surface area contributed by atoms with Gasteiger partial charge in [-0.1, -0.05) is 63.2 Å². The quantitative estimate of drug-likeness (QED) is 0.736. The molecule has 0 atom stereocenters. The van der Waals surface area contributed by atoms with Crippen LogP contribution in [0.1, 0.15) is 44.6 Å². The molecule has 0 radical (unpaired) electrons. The SMILES string of the molecule is CCc1c(CO[Si](C)(C)C(C)(C)C)nnn1Cc1ccccc1. The Morgan fingerprint density at radius 3 is 2.35 bits per heavy atom. The van der Waals surface area contributed by atoms with Gasteiger partial charge in [-0.2, -0.15) is 0 Å². The number of hydrogen-bond donors (Lipinski definition) is 0. The molecule has 0 spiro atoms. The predicted molar refractivity (Wildman–Crippen MR) is 96.9 cm³/mol. The van der Waals surface area contributed by atoms with Crippen LogP contribution in [-0.2, 0) is 24.0 Å². The molecule has 126 valence electrons. The molecule has 1 heterocycles. The normalized spacial score (nSPS) is 12.6. The maximum Gasteiger partial charge on any atom is 0.192 e. The summed E-state index contributed by atoms with van der Waals surface area (Å²) in [5, 5.41) is 8.93. The molecule has 0 aliphatic carbocycles. The van der Waals surface area contributed by atoms with Crippen LogP contribution in [-0.4, -0.2) is 23.3 Å². The van der Waals surface area contributed by atoms with Gasteiger partial charge in [-0.3, -0.25) is 0 Å². The first-order valence-corrected chi connectivity index (χ1v) is 11.2. The average Bonchev–Trinajstić information content (AvgIpc) is 2.87. The van der Waals surface area contributed by atoms with Crippen LogP contribution in [0.15, 0.2) is 30.3 Å². The first-order valence-electron chi connectivity index (χ1n) is 8.33. The molecular formula is C18H29N3OSi. The van der Waals surface area contributed by atoms with E-state index in [-0.39, 0.29) is 5.04 Å². The van der Waals surface area contributed by atoms with Crippen LogP contribution < -0.4 is 0 Å². The molecular weight excluding hydrogens is 302 g/mol. The summed E-state index contributed by atoms with van der Waals surface area (Å²) in [6, 6.07) is 10.4. The van der Waals surface area contributed by atoms with Crippen LogP contribution >= 0.6 is 0 Å². The van der Waals surface area contributed by atoms with Gasteiger partial charge in [0.2, 0.25) is 0 Å². The van der Waals surface area contributed by atoms with Crippen molar-refractivity contribution in [3.63, 3.8) is 0 Å². The van der Waals surface area contributed by atoms with Crippen LogP contribution in [0.4, 0.5) is 0 Å². The molecule has 2 rings (SSSR count). The second-order valence-electron chi connectivity index (χ2n) is 7.53. The number of rotatable bonds is 6. The molecule has 0 unspecified atom stereocenters. The second-order valence-corrected chi connectivity index (χ2v) is 12.3. The Balaban J connectivity index is 2.12. The highest BCUT2D eigenvalue weighted by Gasteiger charge is 2.37. The first-order chi connectivity index (χ1) is 10.7. The maximum absolute atomic E-state index is 6.31. The average molecular weight is 332 g/mol. The molecule has 0 N–H and O–H groups in total. The molecule has 4 nitrogen and oxygen atoms in total. The zero-order chi connectivity index (χ0) is 17.1. The third kappa shape index (κ3) is 4.29. The molecule has 2 aromatic rings. The Morgan fingerprint density at radius 1 is 1.13 bits per heavy atom. The molecule has 0 aliphatic heterocycles. The number of aromatic nitrogens is 3. The van der Waals surface area contributed by atoms with Crippen molar-refractivity contribution in [2.75, 3.05) is 0 Å². The van der Waals surface area contributed by atoms with Gasteiger partial charge in [0.15, 0.2) is 8.32 Å². The molecule has 1 aromatic carbocycles. The highest BCUT2D eigenvalue weighted by atomic mass is 28.4. The van der Waals surface area contributed by atoms with E-state index < -0.39 is 8.32 Å². The highest BCUT2D eigenvalue weighted by molar-refractivity contribution is 6.74. The fraction of sp³-hybridized carbons (Fsp3) is 0.556. The van der Waals surface area contributed by atoms with Gasteiger partial charge in [-0.05, 0) is 30.1 Å². The van der Waals surface area contributed by atoms with Gasteiger partial charge in [-0.25, -0.2) is 4.68 Å². The monoisotopic (exact) mass is 331 g/mol. The van der Waals surface area contributed by atoms with E-state index in [1.54, 1.807) is 0 Å². The fourth-order valence-electron chi connectivity index (χ4n) is 2.22. The maximum atomic E-state index is 6.31. The molecule has 0 saturated carbocycles. The zero-order valence-corrected chi connectivity index (χ0v) is 16.3. The van der Waals surface area contributed by atoms with Gasteiger partial charge in [0, 0.05) is 0 Å². The Labute approximate surface area is 141 Å². The Hall–Kier alpha value is -1.46. The minimum Gasteiger partial charge on any atom is -0.411 e. The van der Waals surface area contributed by atoms with E-state index in [0.29, 0.717) is 6.61 Å². The van der Waals surface area contributed by atoms with Gasteiger partial charge in [-0.15, -0.1) is 5.10 Å². The summed E-state index contributed by atoms with van der Waals surface area (Å²) in [6.45, 7) is 14.8. The topological polar surface area (TPSA) is 39.9 Å². The largest absolute Gasteiger partial charge is 0.411 e. The van der Waals surface area contributed by atoms with E-state index in [1.165, 1.54) is 11.3 Å². The van der Waals surface area contributed by atoms with E-state index >= 15 is 0 Å². The molecule has 23 heavy (non-hydrogen) atoms. The summed E-state index contributed by atoms with van der Waals surface area (Å²) in [5.41, 5.74) is 3.39. The minimum atomic E-state index is -1.77. The van der Waals surface area contributed by atoms with Crippen molar-refractivity contribution in [3.8, 4) is 0 Å². The molecule has 0 saturated heterocycles. The second kappa shape index (κ2) is 6.97. The van der Waals surface area contributed by atoms with E-state index in [9.17, 15) is 0 Å². The molecule has 0 bridgehead atoms. The summed E-state index contributed by atoms with van der Waals surface area (Å²) in [6.07, 6.45) is 0.913. The van der Waals surface area contributed by atoms with Crippen molar-refractivity contribution in [2.45, 2.75) is 65.4 Å². The van der Waals surface area contributed by atoms with E-state index in [0.717, 1.165) is 18.7 Å². The van der Waals surface area contributed by atoms with Crippen LogP contribution in [0.25, 0.3) is 0 Å². The standard InChI is InChI=1S/C18H29N3OSi/c1-7-17-16(14-22-23(5,6)18(2,3)4)19-20-21(17)13-15-11-9-8-10-12-15/h8-12H,7,13-14H2,1-6H3. The van der Waals surface area contributed by atoms with Crippen molar-refractivity contribution in [2.24, 2.45) is 0 Å². The van der Waals surface area contributed by atoms with Crippen molar-refractivity contribution in [1.82, 2.24) is 15.0 Å². The third-order valence-corrected chi connectivity index (χ3v) is 9.28. The van der Waals surface area contributed by atoms with Crippen LogP contribution in [0.2, 0.25) is 18.1 Å². The van der Waals surface area contributed by atoms with E-state index in [2.05, 4.69) is 75.4 Å². The van der Waals surface area contributed by atoms with Gasteiger partial charge < -0.3 is 4.43 Å². The summed E-state index contributed by atoms with van der Waals surface area (Å²) >= 11 is 0. The lowest BCUT2D eigenvalue weighted by molar-refractivity contribution is 0.271. The highest BCUT2D eigenvalue weighted by Crippen LogP contribution is 2.37. The Bertz CT molecular complexity index is 629. The van der Waals surface area contributed by atoms with Crippen molar-refractivity contribution in [1.29, 1.82) is 0 Å². The Morgan fingerprint density at radius 2 is 1.78 bits per heavy atom. The summed E-state index contributed by atoms with van der Waals surface area (Å²) in [5.74, 6) is 0. The summed E-state index contributed by atoms with van der Waals surface area (Å²) in [4.78, 5) is 0. The van der Waals surface area contributed by atoms with Gasteiger partial charge in [0.25, 0.3) is 0 Å². The number of hydrogen-bond acceptors (Lipinski definition) is 3. The van der Waals surface area contributed by atoms with E-state index in [1.807, 2.05) is 10.7 Å². The molecule has 1 aromatic heterocycles. The van der Waals surface area contributed by atoms with Crippen molar-refractivity contribution >= 4 is 8.32 Å². The van der Waals surface area contributed by atoms with Crippen molar-refractivity contribution < 1.29 is 4.43 Å². The Kier molecular flexibility index (Phi) is 5.42. The number of benzene rings is 1. The lowest BCUT2D eigenvalue weighted by Gasteiger charge is -2.35. The van der Waals surface area contributed by atoms with E-state index in [4.69, 9.17) is 4.43 Å². The first kappa shape index (κ1) is 17.9. The van der Waals surface area contributed by atoms with Gasteiger partial charge >= 0.3 is 0 Å². The van der Waals surface area contributed by atoms with Crippen LogP contribution in [0.3, 0.4) is 0 Å². The number of nitrogens with zero attached hydrogens (tertiary/aromatic N) is 3. The molecule has 5 heteroatoms. The summed E-state index contributed by atoms with van der Waals surface area (Å²) in [7, 11) is -1.77. The minimum absolute atomic E-state index is 0.208. The molecule has 0 fully saturated rings. The van der Waals surface area contributed by atoms with Crippen LogP contribution in [0.5, 0.6) is 0 Å². The molecule has 0 aliphatic rings. The van der Waals surface area contributed by atoms with Gasteiger partial charge in [0.1, 0.15) is 5.69 Å². The smallest absolute Gasteiger partial charge is 0.192 e. The predicted octanol–water partition coefficient (Wildman–Crippen LogP) is 4.41.